The monoisotopic (exact) mass is 442 g/mol. The van der Waals surface area contributed by atoms with Gasteiger partial charge >= 0.3 is 0 Å². The highest BCUT2D eigenvalue weighted by molar-refractivity contribution is 6.30. The first kappa shape index (κ1) is 22.6. The van der Waals surface area contributed by atoms with Crippen LogP contribution in [0.15, 0.2) is 54.6 Å². The molecule has 3 amide bonds. The predicted molar refractivity (Wildman–Crippen MR) is 121 cm³/mol. The number of nitrogens with one attached hydrogen (secondary N) is 2. The van der Waals surface area contributed by atoms with E-state index in [1.54, 1.807) is 29.2 Å². The van der Waals surface area contributed by atoms with Gasteiger partial charge in [0.2, 0.25) is 11.8 Å². The molecule has 1 aliphatic rings. The Labute approximate surface area is 187 Å². The molecule has 2 N–H and O–H groups in total. The SMILES string of the molecule is O=C(CCCNC(=O)c1ccc(Cl)cc1)NCC(=O)N1CCN(c2ccccc2)CC1. The molecule has 8 heteroatoms. The van der Waals surface area contributed by atoms with Crippen molar-refractivity contribution in [2.45, 2.75) is 12.8 Å². The van der Waals surface area contributed by atoms with Crippen molar-refractivity contribution in [3.05, 3.63) is 65.2 Å². The lowest BCUT2D eigenvalue weighted by molar-refractivity contribution is -0.133. The Bertz CT molecular complexity index is 881. The highest BCUT2D eigenvalue weighted by Crippen LogP contribution is 2.15. The fraction of sp³-hybridized carbons (Fsp3) is 0.348. The summed E-state index contributed by atoms with van der Waals surface area (Å²) in [6.45, 7) is 3.21. The largest absolute Gasteiger partial charge is 0.368 e. The minimum atomic E-state index is -0.207. The molecule has 0 spiro atoms. The molecule has 2 aromatic carbocycles. The molecule has 2 aromatic rings. The van der Waals surface area contributed by atoms with E-state index in [2.05, 4.69) is 27.7 Å². The normalized spacial score (nSPS) is 13.6. The Kier molecular flexibility index (Phi) is 8.29. The van der Waals surface area contributed by atoms with Gasteiger partial charge in [-0.1, -0.05) is 29.8 Å². The van der Waals surface area contributed by atoms with Gasteiger partial charge in [0, 0.05) is 55.4 Å². The lowest BCUT2D eigenvalue weighted by atomic mass is 10.2. The van der Waals surface area contributed by atoms with Crippen LogP contribution in [0.25, 0.3) is 0 Å². The molecule has 0 bridgehead atoms. The number of piperazine rings is 1. The average Bonchev–Trinajstić information content (AvgIpc) is 2.81. The number of halogens is 1. The van der Waals surface area contributed by atoms with Crippen LogP contribution in [-0.2, 0) is 9.59 Å². The standard InChI is InChI=1S/C23H27ClN4O3/c24-19-10-8-18(9-11-19)23(31)25-12-4-7-21(29)26-17-22(30)28-15-13-27(14-16-28)20-5-2-1-3-6-20/h1-3,5-6,8-11H,4,7,12-17H2,(H,25,31)(H,26,29). The highest BCUT2D eigenvalue weighted by atomic mass is 35.5. The van der Waals surface area contributed by atoms with Gasteiger partial charge in [-0.25, -0.2) is 0 Å². The summed E-state index contributed by atoms with van der Waals surface area (Å²) in [5, 5.41) is 6.01. The molecule has 0 aliphatic carbocycles. The second-order valence-corrected chi connectivity index (χ2v) is 7.78. The summed E-state index contributed by atoms with van der Waals surface area (Å²) in [5.74, 6) is -0.476. The Morgan fingerprint density at radius 2 is 1.55 bits per heavy atom. The number of carbonyl (C=O) groups is 3. The zero-order valence-corrected chi connectivity index (χ0v) is 18.1. The molecule has 164 valence electrons. The van der Waals surface area contributed by atoms with Gasteiger partial charge in [0.25, 0.3) is 5.91 Å². The van der Waals surface area contributed by atoms with E-state index in [1.165, 1.54) is 0 Å². The summed E-state index contributed by atoms with van der Waals surface area (Å²) in [5.41, 5.74) is 1.68. The van der Waals surface area contributed by atoms with Gasteiger partial charge in [-0.05, 0) is 42.8 Å². The lowest BCUT2D eigenvalue weighted by Gasteiger charge is -2.36. The van der Waals surface area contributed by atoms with Crippen molar-refractivity contribution in [1.82, 2.24) is 15.5 Å². The molecule has 0 saturated carbocycles. The van der Waals surface area contributed by atoms with E-state index in [9.17, 15) is 14.4 Å². The van der Waals surface area contributed by atoms with Crippen LogP contribution in [-0.4, -0.2) is 61.9 Å². The van der Waals surface area contributed by atoms with E-state index in [4.69, 9.17) is 11.6 Å². The fourth-order valence-electron chi connectivity index (χ4n) is 3.38. The van der Waals surface area contributed by atoms with Crippen molar-refractivity contribution in [2.24, 2.45) is 0 Å². The van der Waals surface area contributed by atoms with Gasteiger partial charge in [-0.2, -0.15) is 0 Å². The maximum absolute atomic E-state index is 12.4. The second kappa shape index (κ2) is 11.4. The third kappa shape index (κ3) is 7.00. The summed E-state index contributed by atoms with van der Waals surface area (Å²) in [6.07, 6.45) is 0.741. The van der Waals surface area contributed by atoms with E-state index in [0.29, 0.717) is 36.6 Å². The molecule has 1 heterocycles. The molecule has 1 aliphatic heterocycles. The summed E-state index contributed by atoms with van der Waals surface area (Å²) in [4.78, 5) is 40.4. The van der Waals surface area contributed by atoms with E-state index in [1.807, 2.05) is 18.2 Å². The number of hydrogen-bond donors (Lipinski definition) is 2. The highest BCUT2D eigenvalue weighted by Gasteiger charge is 2.21. The predicted octanol–water partition coefficient (Wildman–Crippen LogP) is 2.32. The van der Waals surface area contributed by atoms with E-state index >= 15 is 0 Å². The number of para-hydroxylation sites is 1. The molecular weight excluding hydrogens is 416 g/mol. The van der Waals surface area contributed by atoms with Crippen LogP contribution in [0.1, 0.15) is 23.2 Å². The van der Waals surface area contributed by atoms with E-state index in [0.717, 1.165) is 18.8 Å². The molecule has 31 heavy (non-hydrogen) atoms. The first-order valence-corrected chi connectivity index (χ1v) is 10.8. The minimum Gasteiger partial charge on any atom is -0.368 e. The topological polar surface area (TPSA) is 81.8 Å². The summed E-state index contributed by atoms with van der Waals surface area (Å²) in [7, 11) is 0. The number of rotatable bonds is 8. The third-order valence-corrected chi connectivity index (χ3v) is 5.42. The quantitative estimate of drug-likeness (QED) is 0.615. The smallest absolute Gasteiger partial charge is 0.251 e. The summed E-state index contributed by atoms with van der Waals surface area (Å²) >= 11 is 5.81. The van der Waals surface area contributed by atoms with Crippen LogP contribution in [0.5, 0.6) is 0 Å². The van der Waals surface area contributed by atoms with E-state index < -0.39 is 0 Å². The van der Waals surface area contributed by atoms with Crippen molar-refractivity contribution in [3.63, 3.8) is 0 Å². The average molecular weight is 443 g/mol. The van der Waals surface area contributed by atoms with Crippen molar-refractivity contribution in [3.8, 4) is 0 Å². The van der Waals surface area contributed by atoms with Gasteiger partial charge in [0.05, 0.1) is 6.54 Å². The molecule has 0 unspecified atom stereocenters. The molecule has 3 rings (SSSR count). The van der Waals surface area contributed by atoms with Crippen molar-refractivity contribution < 1.29 is 14.4 Å². The van der Waals surface area contributed by atoms with Crippen molar-refractivity contribution in [2.75, 3.05) is 44.2 Å². The Morgan fingerprint density at radius 1 is 0.871 bits per heavy atom. The Balaban J connectivity index is 1.28. The van der Waals surface area contributed by atoms with E-state index in [-0.39, 0.29) is 30.7 Å². The van der Waals surface area contributed by atoms with Crippen LogP contribution in [0.4, 0.5) is 5.69 Å². The zero-order valence-electron chi connectivity index (χ0n) is 17.4. The minimum absolute atomic E-state index is 0.00129. The summed E-state index contributed by atoms with van der Waals surface area (Å²) in [6, 6.07) is 16.7. The van der Waals surface area contributed by atoms with Gasteiger partial charge < -0.3 is 20.4 Å². The fourth-order valence-corrected chi connectivity index (χ4v) is 3.51. The molecule has 1 saturated heterocycles. The first-order valence-electron chi connectivity index (χ1n) is 10.4. The number of amides is 3. The van der Waals surface area contributed by atoms with Crippen LogP contribution in [0, 0.1) is 0 Å². The number of nitrogens with zero attached hydrogens (tertiary/aromatic N) is 2. The molecule has 7 nitrogen and oxygen atoms in total. The van der Waals surface area contributed by atoms with Crippen LogP contribution < -0.4 is 15.5 Å². The first-order chi connectivity index (χ1) is 15.0. The van der Waals surface area contributed by atoms with Crippen LogP contribution in [0.2, 0.25) is 5.02 Å². The Hall–Kier alpha value is -3.06. The van der Waals surface area contributed by atoms with Gasteiger partial charge in [0.15, 0.2) is 0 Å². The van der Waals surface area contributed by atoms with Gasteiger partial charge in [0.1, 0.15) is 0 Å². The zero-order chi connectivity index (χ0) is 22.1. The lowest BCUT2D eigenvalue weighted by Crippen LogP contribution is -2.51. The van der Waals surface area contributed by atoms with Gasteiger partial charge in [-0.3, -0.25) is 14.4 Å². The third-order valence-electron chi connectivity index (χ3n) is 5.16. The number of carbonyl (C=O) groups excluding carboxylic acids is 3. The number of anilines is 1. The van der Waals surface area contributed by atoms with Crippen molar-refractivity contribution in [1.29, 1.82) is 0 Å². The second-order valence-electron chi connectivity index (χ2n) is 7.35. The summed E-state index contributed by atoms with van der Waals surface area (Å²) < 4.78 is 0. The molecule has 0 aromatic heterocycles. The maximum Gasteiger partial charge on any atom is 0.251 e. The van der Waals surface area contributed by atoms with Gasteiger partial charge in [-0.15, -0.1) is 0 Å². The van der Waals surface area contributed by atoms with Crippen molar-refractivity contribution >= 4 is 35.0 Å². The molecular formula is C23H27ClN4O3. The number of hydrogen-bond acceptors (Lipinski definition) is 4. The van der Waals surface area contributed by atoms with Crippen LogP contribution >= 0.6 is 11.6 Å². The Morgan fingerprint density at radius 3 is 2.23 bits per heavy atom. The maximum atomic E-state index is 12.4. The molecule has 1 fully saturated rings. The molecule has 0 radical (unpaired) electrons. The molecule has 0 atom stereocenters. The van der Waals surface area contributed by atoms with Crippen LogP contribution in [0.3, 0.4) is 0 Å². The number of benzene rings is 2.